The zero-order valence-electron chi connectivity index (χ0n) is 16.6. The summed E-state index contributed by atoms with van der Waals surface area (Å²) in [6, 6.07) is 1.05. The summed E-state index contributed by atoms with van der Waals surface area (Å²) in [5.41, 5.74) is 5.20. The van der Waals surface area contributed by atoms with E-state index in [4.69, 9.17) is 5.73 Å². The number of nitrogen functional groups attached to an aromatic ring is 1. The van der Waals surface area contributed by atoms with Crippen molar-refractivity contribution in [2.75, 3.05) is 18.8 Å². The molecule has 3 aliphatic rings. The van der Waals surface area contributed by atoms with Crippen molar-refractivity contribution in [2.24, 2.45) is 11.8 Å². The minimum atomic E-state index is -4.72. The normalized spacial score (nSPS) is 25.3. The molecule has 0 amide bonds. The third-order valence-corrected chi connectivity index (χ3v) is 6.85. The van der Waals surface area contributed by atoms with Gasteiger partial charge in [-0.1, -0.05) is 0 Å². The molecule has 3 fully saturated rings. The number of H-pyrrole nitrogens is 1. The van der Waals surface area contributed by atoms with Crippen LogP contribution < -0.4 is 11.1 Å². The van der Waals surface area contributed by atoms with Gasteiger partial charge in [0.25, 0.3) is 0 Å². The number of halogens is 4. The van der Waals surface area contributed by atoms with Crippen LogP contribution in [0.3, 0.4) is 0 Å². The van der Waals surface area contributed by atoms with Gasteiger partial charge < -0.3 is 11.1 Å². The Hall–Kier alpha value is -2.75. The Morgan fingerprint density at radius 3 is 2.48 bits per heavy atom. The molecule has 1 saturated heterocycles. The van der Waals surface area contributed by atoms with E-state index in [9.17, 15) is 13.2 Å². The molecule has 3 atom stereocenters. The third kappa shape index (κ3) is 2.77. The second-order valence-electron chi connectivity index (χ2n) is 8.86. The topological polar surface area (TPSA) is 92.5 Å². The Morgan fingerprint density at radius 2 is 1.84 bits per heavy atom. The Labute approximate surface area is 174 Å². The maximum Gasteiger partial charge on any atom is 0.418 e. The number of alkyl halides is 3. The standard InChI is InChI=1S/C21H20F4N6/c1-7-15(21(23,24)25)9(4-12(26)28-7)18-16(22)20-14(17(29-18)8-2-3-8)19(30-31-20)13-10-5-27-6-11(10)13/h4,8,10-11,13,27H,2-3,5-6H2,1H3,(H2,26,28)(H,30,31)/t10-,11+,13?. The second kappa shape index (κ2) is 6.15. The van der Waals surface area contributed by atoms with Gasteiger partial charge in [0.1, 0.15) is 17.0 Å². The van der Waals surface area contributed by atoms with Crippen LogP contribution in [0.15, 0.2) is 6.07 Å². The van der Waals surface area contributed by atoms with E-state index in [0.29, 0.717) is 22.9 Å². The predicted octanol–water partition coefficient (Wildman–Crippen LogP) is 3.88. The molecular formula is C21H20F4N6. The molecule has 0 spiro atoms. The number of anilines is 1. The zero-order valence-corrected chi connectivity index (χ0v) is 16.6. The number of pyridine rings is 2. The second-order valence-corrected chi connectivity index (χ2v) is 8.86. The summed E-state index contributed by atoms with van der Waals surface area (Å²) in [7, 11) is 0. The molecule has 1 aliphatic heterocycles. The lowest BCUT2D eigenvalue weighted by Gasteiger charge is -2.17. The highest BCUT2D eigenvalue weighted by Gasteiger charge is 2.55. The molecule has 6 nitrogen and oxygen atoms in total. The predicted molar refractivity (Wildman–Crippen MR) is 106 cm³/mol. The summed E-state index contributed by atoms with van der Waals surface area (Å²) >= 11 is 0. The van der Waals surface area contributed by atoms with Crippen LogP contribution in [0.4, 0.5) is 23.4 Å². The highest BCUT2D eigenvalue weighted by Crippen LogP contribution is 2.58. The first kappa shape index (κ1) is 19.0. The average Bonchev–Trinajstić information content (AvgIpc) is 3.54. The fourth-order valence-corrected chi connectivity index (χ4v) is 5.27. The van der Waals surface area contributed by atoms with Crippen LogP contribution in [0, 0.1) is 24.6 Å². The van der Waals surface area contributed by atoms with Gasteiger partial charge in [0, 0.05) is 28.5 Å². The van der Waals surface area contributed by atoms with E-state index < -0.39 is 23.1 Å². The van der Waals surface area contributed by atoms with Crippen molar-refractivity contribution < 1.29 is 17.6 Å². The number of nitrogens with two attached hydrogens (primary N) is 1. The Bertz CT molecular complexity index is 1220. The first-order valence-corrected chi connectivity index (χ1v) is 10.4. The van der Waals surface area contributed by atoms with E-state index in [1.807, 2.05) is 0 Å². The van der Waals surface area contributed by atoms with Crippen molar-refractivity contribution in [1.82, 2.24) is 25.5 Å². The smallest absolute Gasteiger partial charge is 0.384 e. The molecule has 4 N–H and O–H groups in total. The first-order valence-electron chi connectivity index (χ1n) is 10.4. The molecule has 31 heavy (non-hydrogen) atoms. The van der Waals surface area contributed by atoms with Crippen LogP contribution in [0.25, 0.3) is 22.2 Å². The fraction of sp³-hybridized carbons (Fsp3) is 0.476. The summed E-state index contributed by atoms with van der Waals surface area (Å²) < 4.78 is 57.2. The van der Waals surface area contributed by atoms with Crippen molar-refractivity contribution in [2.45, 2.75) is 37.8 Å². The molecule has 6 rings (SSSR count). The quantitative estimate of drug-likeness (QED) is 0.547. The molecule has 2 saturated carbocycles. The minimum Gasteiger partial charge on any atom is -0.384 e. The largest absolute Gasteiger partial charge is 0.418 e. The van der Waals surface area contributed by atoms with Crippen molar-refractivity contribution in [1.29, 1.82) is 0 Å². The highest BCUT2D eigenvalue weighted by molar-refractivity contribution is 5.90. The molecule has 0 radical (unpaired) electrons. The number of aromatic amines is 1. The number of piperidine rings is 1. The van der Waals surface area contributed by atoms with Crippen LogP contribution in [0.2, 0.25) is 0 Å². The van der Waals surface area contributed by atoms with Crippen LogP contribution in [-0.2, 0) is 6.18 Å². The maximum atomic E-state index is 15.7. The molecule has 3 aromatic heterocycles. The summed E-state index contributed by atoms with van der Waals surface area (Å²) in [6.07, 6.45) is -2.97. The molecule has 4 heterocycles. The van der Waals surface area contributed by atoms with Crippen LogP contribution in [0.1, 0.15) is 47.3 Å². The molecule has 3 aromatic rings. The molecule has 0 aromatic carbocycles. The number of rotatable bonds is 3. The zero-order chi connectivity index (χ0) is 21.7. The lowest BCUT2D eigenvalue weighted by atomic mass is 9.98. The third-order valence-electron chi connectivity index (χ3n) is 6.85. The number of hydrogen-bond donors (Lipinski definition) is 3. The van der Waals surface area contributed by atoms with E-state index >= 15 is 4.39 Å². The van der Waals surface area contributed by atoms with Gasteiger partial charge in [-0.3, -0.25) is 5.10 Å². The van der Waals surface area contributed by atoms with Crippen LogP contribution in [-0.4, -0.2) is 33.3 Å². The molecule has 0 bridgehead atoms. The van der Waals surface area contributed by atoms with Crippen molar-refractivity contribution in [3.8, 4) is 11.3 Å². The molecule has 1 unspecified atom stereocenters. The molecule has 162 valence electrons. The SMILES string of the molecule is Cc1nc(N)cc(-c2nc(C3CC3)c3c(C4[C@H]5CNC[C@@H]45)[nH]nc3c2F)c1C(F)(F)F. The van der Waals surface area contributed by atoms with E-state index in [1.165, 1.54) is 6.92 Å². The van der Waals surface area contributed by atoms with E-state index in [1.54, 1.807) is 0 Å². The fourth-order valence-electron chi connectivity index (χ4n) is 5.27. The van der Waals surface area contributed by atoms with Crippen molar-refractivity contribution in [3.63, 3.8) is 0 Å². The first-order chi connectivity index (χ1) is 14.8. The van der Waals surface area contributed by atoms with Crippen LogP contribution in [0.5, 0.6) is 0 Å². The van der Waals surface area contributed by atoms with Crippen LogP contribution >= 0.6 is 0 Å². The van der Waals surface area contributed by atoms with Crippen molar-refractivity contribution >= 4 is 16.7 Å². The maximum absolute atomic E-state index is 15.7. The summed E-state index contributed by atoms with van der Waals surface area (Å²) in [5, 5.41) is 11.2. The minimum absolute atomic E-state index is 0.0565. The lowest BCUT2D eigenvalue weighted by molar-refractivity contribution is -0.137. The van der Waals surface area contributed by atoms with E-state index in [0.717, 1.165) is 37.7 Å². The van der Waals surface area contributed by atoms with Gasteiger partial charge in [-0.25, -0.2) is 14.4 Å². The van der Waals surface area contributed by atoms with Gasteiger partial charge in [0.05, 0.1) is 17.0 Å². The number of fused-ring (bicyclic) bond motifs is 2. The Kier molecular flexibility index (Phi) is 3.77. The molecular weight excluding hydrogens is 412 g/mol. The number of nitrogens with one attached hydrogen (secondary N) is 2. The monoisotopic (exact) mass is 432 g/mol. The number of aryl methyl sites for hydroxylation is 1. The van der Waals surface area contributed by atoms with Gasteiger partial charge in [-0.15, -0.1) is 0 Å². The number of nitrogens with zero attached hydrogens (tertiary/aromatic N) is 3. The summed E-state index contributed by atoms with van der Waals surface area (Å²) in [4.78, 5) is 8.23. The molecule has 2 aliphatic carbocycles. The molecule has 10 heteroatoms. The summed E-state index contributed by atoms with van der Waals surface area (Å²) in [5.74, 6) is 0.359. The van der Waals surface area contributed by atoms with Crippen molar-refractivity contribution in [3.05, 3.63) is 34.5 Å². The van der Waals surface area contributed by atoms with Gasteiger partial charge in [0.15, 0.2) is 5.82 Å². The Balaban J connectivity index is 1.60. The van der Waals surface area contributed by atoms with Gasteiger partial charge in [0.2, 0.25) is 0 Å². The number of aromatic nitrogens is 4. The van der Waals surface area contributed by atoms with Gasteiger partial charge >= 0.3 is 6.18 Å². The van der Waals surface area contributed by atoms with E-state index in [-0.39, 0.29) is 34.6 Å². The summed E-state index contributed by atoms with van der Waals surface area (Å²) in [6.45, 7) is 3.04. The Morgan fingerprint density at radius 1 is 1.13 bits per heavy atom. The highest BCUT2D eigenvalue weighted by atomic mass is 19.4. The van der Waals surface area contributed by atoms with Gasteiger partial charge in [-0.05, 0) is 50.8 Å². The number of hydrogen-bond acceptors (Lipinski definition) is 5. The lowest BCUT2D eigenvalue weighted by Crippen LogP contribution is -2.14. The average molecular weight is 432 g/mol. The van der Waals surface area contributed by atoms with E-state index in [2.05, 4.69) is 25.5 Å². The van der Waals surface area contributed by atoms with Gasteiger partial charge in [-0.2, -0.15) is 18.3 Å².